The van der Waals surface area contributed by atoms with E-state index in [0.717, 1.165) is 12.2 Å². The molecule has 1 unspecified atom stereocenters. The lowest BCUT2D eigenvalue weighted by atomic mass is 10.0. The Hall–Kier alpha value is -0.0900. The van der Waals surface area contributed by atoms with Crippen LogP contribution in [0.15, 0.2) is 0 Å². The maximum absolute atomic E-state index is 10.8. The van der Waals surface area contributed by atoms with Gasteiger partial charge in [-0.25, -0.2) is 4.57 Å². The first-order chi connectivity index (χ1) is 14.0. The molecule has 0 bridgehead atoms. The van der Waals surface area contributed by atoms with Gasteiger partial charge in [0.25, 0.3) is 0 Å². The third-order valence-electron chi connectivity index (χ3n) is 4.76. The van der Waals surface area contributed by atoms with Gasteiger partial charge < -0.3 is 14.5 Å². The predicted molar refractivity (Wildman–Crippen MR) is 121 cm³/mol. The first kappa shape index (κ1) is 28.9. The van der Waals surface area contributed by atoms with E-state index in [0.29, 0.717) is 5.75 Å². The molecule has 0 aliphatic heterocycles. The summed E-state index contributed by atoms with van der Waals surface area (Å²) in [5, 5.41) is 8.58. The Morgan fingerprint density at radius 3 is 1.83 bits per heavy atom. The fourth-order valence-electron chi connectivity index (χ4n) is 3.09. The average molecular weight is 452 g/mol. The normalized spacial score (nSPS) is 12.8. The minimum absolute atomic E-state index is 0.103. The molecule has 0 aromatic heterocycles. The van der Waals surface area contributed by atoms with Gasteiger partial charge in [0.05, 0.1) is 18.8 Å². The van der Waals surface area contributed by atoms with Gasteiger partial charge in [-0.1, -0.05) is 90.4 Å². The SMILES string of the molecule is CCCCCCCCCCCCCCCCSCC(COP(=O)(O)O)OCC#N. The summed E-state index contributed by atoms with van der Waals surface area (Å²) in [4.78, 5) is 17.5. The van der Waals surface area contributed by atoms with Crippen LogP contribution in [0.5, 0.6) is 0 Å². The summed E-state index contributed by atoms with van der Waals surface area (Å²) in [5.41, 5.74) is 0. The lowest BCUT2D eigenvalue weighted by molar-refractivity contribution is 0.0433. The molecule has 0 spiro atoms. The largest absolute Gasteiger partial charge is 0.469 e. The van der Waals surface area contributed by atoms with Crippen molar-refractivity contribution in [3.8, 4) is 6.07 Å². The number of rotatable bonds is 22. The number of nitrogens with zero attached hydrogens (tertiary/aromatic N) is 1. The smallest absolute Gasteiger partial charge is 0.360 e. The quantitative estimate of drug-likeness (QED) is 0.149. The van der Waals surface area contributed by atoms with Crippen LogP contribution in [0.1, 0.15) is 96.8 Å². The van der Waals surface area contributed by atoms with Crippen LogP contribution in [0.4, 0.5) is 0 Å². The van der Waals surface area contributed by atoms with Crippen molar-refractivity contribution in [1.82, 2.24) is 0 Å². The summed E-state index contributed by atoms with van der Waals surface area (Å²) < 4.78 is 20.5. The van der Waals surface area contributed by atoms with Crippen molar-refractivity contribution in [2.24, 2.45) is 0 Å². The van der Waals surface area contributed by atoms with Crippen LogP contribution in [0.25, 0.3) is 0 Å². The highest BCUT2D eigenvalue weighted by atomic mass is 32.2. The Balaban J connectivity index is 3.43. The molecule has 0 heterocycles. The second-order valence-corrected chi connectivity index (χ2v) is 9.94. The van der Waals surface area contributed by atoms with Crippen molar-refractivity contribution in [1.29, 1.82) is 5.26 Å². The van der Waals surface area contributed by atoms with E-state index in [4.69, 9.17) is 19.8 Å². The monoisotopic (exact) mass is 451 g/mol. The van der Waals surface area contributed by atoms with Gasteiger partial charge >= 0.3 is 7.82 Å². The molecule has 0 amide bonds. The van der Waals surface area contributed by atoms with Crippen LogP contribution in [0, 0.1) is 11.3 Å². The van der Waals surface area contributed by atoms with Crippen LogP contribution in [-0.2, 0) is 13.8 Å². The number of hydrogen-bond donors (Lipinski definition) is 2. The third-order valence-corrected chi connectivity index (χ3v) is 6.43. The van der Waals surface area contributed by atoms with Gasteiger partial charge in [0, 0.05) is 5.75 Å². The Bertz CT molecular complexity index is 441. The molecule has 0 aromatic carbocycles. The van der Waals surface area contributed by atoms with Crippen molar-refractivity contribution < 1.29 is 23.6 Å². The molecule has 6 nitrogen and oxygen atoms in total. The molecular weight excluding hydrogens is 409 g/mol. The Morgan fingerprint density at radius 2 is 1.38 bits per heavy atom. The summed E-state index contributed by atoms with van der Waals surface area (Å²) in [6.45, 7) is 1.96. The maximum Gasteiger partial charge on any atom is 0.469 e. The number of unbranched alkanes of at least 4 members (excludes halogenated alkanes) is 13. The van der Waals surface area contributed by atoms with Crippen LogP contribution >= 0.6 is 19.6 Å². The molecule has 0 saturated heterocycles. The number of phosphoric acid groups is 1. The van der Waals surface area contributed by atoms with Crippen molar-refractivity contribution in [3.05, 3.63) is 0 Å². The Morgan fingerprint density at radius 1 is 0.897 bits per heavy atom. The zero-order chi connectivity index (χ0) is 21.6. The topological polar surface area (TPSA) is 99.8 Å². The number of hydrogen-bond acceptors (Lipinski definition) is 5. The molecule has 29 heavy (non-hydrogen) atoms. The summed E-state index contributed by atoms with van der Waals surface area (Å²) in [6.07, 6.45) is 18.3. The van der Waals surface area contributed by atoms with Gasteiger partial charge in [-0.3, -0.25) is 4.52 Å². The number of phosphoric ester groups is 1. The zero-order valence-electron chi connectivity index (χ0n) is 18.2. The van der Waals surface area contributed by atoms with Crippen molar-refractivity contribution in [3.63, 3.8) is 0 Å². The molecule has 0 radical (unpaired) electrons. The fourth-order valence-corrected chi connectivity index (χ4v) is 4.48. The second-order valence-electron chi connectivity index (χ2n) is 7.55. The molecule has 0 aliphatic carbocycles. The Labute approximate surface area is 182 Å². The highest BCUT2D eigenvalue weighted by molar-refractivity contribution is 7.99. The molecule has 0 saturated carbocycles. The van der Waals surface area contributed by atoms with Gasteiger partial charge in [0.15, 0.2) is 0 Å². The first-order valence-corrected chi connectivity index (χ1v) is 13.9. The predicted octanol–water partition coefficient (Wildman–Crippen LogP) is 6.22. The van der Waals surface area contributed by atoms with E-state index in [9.17, 15) is 4.57 Å². The molecule has 0 fully saturated rings. The van der Waals surface area contributed by atoms with Gasteiger partial charge in [-0.2, -0.15) is 17.0 Å². The van der Waals surface area contributed by atoms with Gasteiger partial charge in [0.1, 0.15) is 6.61 Å². The lowest BCUT2D eigenvalue weighted by Crippen LogP contribution is -2.22. The first-order valence-electron chi connectivity index (χ1n) is 11.3. The summed E-state index contributed by atoms with van der Waals surface area (Å²) in [6, 6.07) is 1.87. The van der Waals surface area contributed by atoms with E-state index in [2.05, 4.69) is 11.4 Å². The summed E-state index contributed by atoms with van der Waals surface area (Å²) in [5.74, 6) is 1.56. The van der Waals surface area contributed by atoms with Gasteiger partial charge in [-0.15, -0.1) is 0 Å². The van der Waals surface area contributed by atoms with E-state index in [1.165, 1.54) is 83.5 Å². The Kier molecular flexibility index (Phi) is 21.1. The van der Waals surface area contributed by atoms with Crippen molar-refractivity contribution in [2.75, 3.05) is 24.7 Å². The summed E-state index contributed by atoms with van der Waals surface area (Å²) >= 11 is 1.68. The third kappa shape index (κ3) is 24.1. The van der Waals surface area contributed by atoms with Crippen molar-refractivity contribution in [2.45, 2.75) is 103 Å². The van der Waals surface area contributed by atoms with Crippen LogP contribution in [-0.4, -0.2) is 40.6 Å². The zero-order valence-corrected chi connectivity index (χ0v) is 19.9. The number of nitriles is 1. The minimum Gasteiger partial charge on any atom is -0.360 e. The van der Waals surface area contributed by atoms with E-state index in [1.807, 2.05) is 6.07 Å². The van der Waals surface area contributed by atoms with E-state index in [-0.39, 0.29) is 13.2 Å². The van der Waals surface area contributed by atoms with E-state index >= 15 is 0 Å². The van der Waals surface area contributed by atoms with Crippen LogP contribution in [0.2, 0.25) is 0 Å². The van der Waals surface area contributed by atoms with Crippen LogP contribution in [0.3, 0.4) is 0 Å². The van der Waals surface area contributed by atoms with Gasteiger partial charge in [0.2, 0.25) is 0 Å². The minimum atomic E-state index is -4.50. The van der Waals surface area contributed by atoms with E-state index < -0.39 is 13.9 Å². The number of ether oxygens (including phenoxy) is 1. The highest BCUT2D eigenvalue weighted by Gasteiger charge is 2.18. The molecular formula is C21H42NO5PS. The van der Waals surface area contributed by atoms with Gasteiger partial charge in [-0.05, 0) is 12.2 Å². The second kappa shape index (κ2) is 21.2. The molecule has 172 valence electrons. The van der Waals surface area contributed by atoms with Crippen LogP contribution < -0.4 is 0 Å². The van der Waals surface area contributed by atoms with E-state index in [1.54, 1.807) is 11.8 Å². The fraction of sp³-hybridized carbons (Fsp3) is 0.952. The maximum atomic E-state index is 10.8. The molecule has 2 N–H and O–H groups in total. The lowest BCUT2D eigenvalue weighted by Gasteiger charge is -2.16. The molecule has 0 rings (SSSR count). The molecule has 1 atom stereocenters. The average Bonchev–Trinajstić information content (AvgIpc) is 2.68. The molecule has 0 aliphatic rings. The molecule has 8 heteroatoms. The standard InChI is InChI=1S/C21H42NO5PS/c1-2-3-4-5-6-7-8-9-10-11-12-13-14-15-18-29-20-21(26-17-16-22)19-27-28(23,24)25/h21H,2-15,17-20H2,1H3,(H2,23,24,25). The molecule has 0 aromatic rings. The van der Waals surface area contributed by atoms with Crippen molar-refractivity contribution >= 4 is 19.6 Å². The highest BCUT2D eigenvalue weighted by Crippen LogP contribution is 2.36. The number of thioether (sulfide) groups is 1. The summed E-state index contributed by atoms with van der Waals surface area (Å²) in [7, 11) is -4.50.